The summed E-state index contributed by atoms with van der Waals surface area (Å²) in [6.45, 7) is 3.92. The zero-order valence-corrected chi connectivity index (χ0v) is 8.25. The van der Waals surface area contributed by atoms with Crippen molar-refractivity contribution in [2.24, 2.45) is 0 Å². The van der Waals surface area contributed by atoms with Crippen molar-refractivity contribution in [1.82, 2.24) is 10.2 Å². The minimum absolute atomic E-state index is 0.0330. The molecule has 1 amide bonds. The van der Waals surface area contributed by atoms with E-state index in [1.165, 1.54) is 25.7 Å². The van der Waals surface area contributed by atoms with Crippen molar-refractivity contribution in [2.75, 3.05) is 13.1 Å². The van der Waals surface area contributed by atoms with E-state index < -0.39 is 0 Å². The Morgan fingerprint density at radius 3 is 2.54 bits per heavy atom. The number of amides is 1. The lowest BCUT2D eigenvalue weighted by molar-refractivity contribution is -0.132. The first-order chi connectivity index (χ1) is 6.27. The predicted molar refractivity (Wildman–Crippen MR) is 51.4 cm³/mol. The van der Waals surface area contributed by atoms with E-state index in [4.69, 9.17) is 0 Å². The number of nitrogens with zero attached hydrogens (tertiary/aromatic N) is 1. The first kappa shape index (κ1) is 9.00. The van der Waals surface area contributed by atoms with Crippen LogP contribution in [-0.2, 0) is 4.79 Å². The molecule has 2 rings (SSSR count). The second-order valence-corrected chi connectivity index (χ2v) is 4.20. The number of rotatable bonds is 3. The maximum absolute atomic E-state index is 11.8. The van der Waals surface area contributed by atoms with Crippen LogP contribution >= 0.6 is 0 Å². The van der Waals surface area contributed by atoms with Crippen LogP contribution < -0.4 is 5.32 Å². The quantitative estimate of drug-likeness (QED) is 0.698. The highest BCUT2D eigenvalue weighted by Crippen LogP contribution is 2.20. The molecule has 0 aromatic rings. The van der Waals surface area contributed by atoms with Gasteiger partial charge in [0.05, 0.1) is 6.04 Å². The number of hydrogen-bond acceptors (Lipinski definition) is 2. The summed E-state index contributed by atoms with van der Waals surface area (Å²) >= 11 is 0. The normalized spacial score (nSPS) is 24.8. The smallest absolute Gasteiger partial charge is 0.239 e. The minimum atomic E-state index is 0.0330. The van der Waals surface area contributed by atoms with E-state index in [2.05, 4.69) is 5.32 Å². The van der Waals surface area contributed by atoms with Crippen molar-refractivity contribution in [3.63, 3.8) is 0 Å². The third-order valence-corrected chi connectivity index (χ3v) is 2.85. The second kappa shape index (κ2) is 3.66. The van der Waals surface area contributed by atoms with Gasteiger partial charge in [-0.1, -0.05) is 0 Å². The molecular weight excluding hydrogens is 164 g/mol. The van der Waals surface area contributed by atoms with Crippen LogP contribution in [0.25, 0.3) is 0 Å². The van der Waals surface area contributed by atoms with E-state index in [9.17, 15) is 4.79 Å². The van der Waals surface area contributed by atoms with Gasteiger partial charge in [-0.2, -0.15) is 0 Å². The minimum Gasteiger partial charge on any atom is -0.341 e. The topological polar surface area (TPSA) is 32.3 Å². The molecule has 3 heteroatoms. The van der Waals surface area contributed by atoms with Crippen LogP contribution in [0.4, 0.5) is 0 Å². The fourth-order valence-electron chi connectivity index (χ4n) is 1.89. The molecule has 3 nitrogen and oxygen atoms in total. The molecule has 0 aromatic carbocycles. The Hall–Kier alpha value is -0.570. The van der Waals surface area contributed by atoms with Gasteiger partial charge in [0.1, 0.15) is 0 Å². The van der Waals surface area contributed by atoms with Crippen LogP contribution in [0.5, 0.6) is 0 Å². The molecule has 2 aliphatic rings. The molecule has 1 aliphatic carbocycles. The van der Waals surface area contributed by atoms with E-state index >= 15 is 0 Å². The van der Waals surface area contributed by atoms with Gasteiger partial charge in [-0.05, 0) is 32.6 Å². The first-order valence-corrected chi connectivity index (χ1v) is 5.32. The highest BCUT2D eigenvalue weighted by molar-refractivity contribution is 5.81. The lowest BCUT2D eigenvalue weighted by atomic mass is 10.3. The van der Waals surface area contributed by atoms with Crippen molar-refractivity contribution in [3.05, 3.63) is 0 Å². The fraction of sp³-hybridized carbons (Fsp3) is 0.900. The molecule has 1 unspecified atom stereocenters. The zero-order valence-electron chi connectivity index (χ0n) is 8.25. The maximum Gasteiger partial charge on any atom is 0.239 e. The third kappa shape index (κ3) is 2.21. The Morgan fingerprint density at radius 2 is 2.00 bits per heavy atom. The highest BCUT2D eigenvalue weighted by Gasteiger charge is 2.28. The molecule has 1 atom stereocenters. The van der Waals surface area contributed by atoms with Gasteiger partial charge in [-0.3, -0.25) is 4.79 Å². The molecule has 1 saturated heterocycles. The van der Waals surface area contributed by atoms with E-state index in [-0.39, 0.29) is 6.04 Å². The molecular formula is C10H18N2O. The predicted octanol–water partition coefficient (Wildman–Crippen LogP) is 0.749. The average molecular weight is 182 g/mol. The summed E-state index contributed by atoms with van der Waals surface area (Å²) in [5.41, 5.74) is 0. The maximum atomic E-state index is 11.8. The van der Waals surface area contributed by atoms with E-state index in [1.54, 1.807) is 0 Å². The van der Waals surface area contributed by atoms with Crippen molar-refractivity contribution in [1.29, 1.82) is 0 Å². The van der Waals surface area contributed by atoms with Crippen LogP contribution in [0.3, 0.4) is 0 Å². The standard InChI is InChI=1S/C10H18N2O/c1-8(11-9-4-5-9)10(13)12-6-2-3-7-12/h8-9,11H,2-7H2,1H3. The van der Waals surface area contributed by atoms with Gasteiger partial charge >= 0.3 is 0 Å². The van der Waals surface area contributed by atoms with Gasteiger partial charge in [0.25, 0.3) is 0 Å². The number of carbonyl (C=O) groups excluding carboxylic acids is 1. The second-order valence-electron chi connectivity index (χ2n) is 4.20. The van der Waals surface area contributed by atoms with Crippen LogP contribution in [0.2, 0.25) is 0 Å². The van der Waals surface area contributed by atoms with Gasteiger partial charge in [0, 0.05) is 19.1 Å². The summed E-state index contributed by atoms with van der Waals surface area (Å²) in [5.74, 6) is 0.296. The van der Waals surface area contributed by atoms with Crippen molar-refractivity contribution < 1.29 is 4.79 Å². The fourth-order valence-corrected chi connectivity index (χ4v) is 1.89. The lowest BCUT2D eigenvalue weighted by Crippen LogP contribution is -2.44. The molecule has 1 saturated carbocycles. The molecule has 0 aromatic heterocycles. The lowest BCUT2D eigenvalue weighted by Gasteiger charge is -2.20. The van der Waals surface area contributed by atoms with Gasteiger partial charge in [-0.15, -0.1) is 0 Å². The van der Waals surface area contributed by atoms with E-state index in [1.807, 2.05) is 11.8 Å². The SMILES string of the molecule is CC(NC1CC1)C(=O)N1CCCC1. The Morgan fingerprint density at radius 1 is 1.38 bits per heavy atom. The number of carbonyl (C=O) groups is 1. The van der Waals surface area contributed by atoms with Gasteiger partial charge in [0.15, 0.2) is 0 Å². The zero-order chi connectivity index (χ0) is 9.26. The van der Waals surface area contributed by atoms with Gasteiger partial charge in [-0.25, -0.2) is 0 Å². The highest BCUT2D eigenvalue weighted by atomic mass is 16.2. The van der Waals surface area contributed by atoms with Crippen molar-refractivity contribution in [3.8, 4) is 0 Å². The molecule has 1 N–H and O–H groups in total. The Bertz CT molecular complexity index is 195. The van der Waals surface area contributed by atoms with Crippen LogP contribution in [-0.4, -0.2) is 36.0 Å². The summed E-state index contributed by atoms with van der Waals surface area (Å²) in [7, 11) is 0. The summed E-state index contributed by atoms with van der Waals surface area (Å²) in [4.78, 5) is 13.8. The van der Waals surface area contributed by atoms with Crippen LogP contribution in [0, 0.1) is 0 Å². The molecule has 13 heavy (non-hydrogen) atoms. The van der Waals surface area contributed by atoms with Crippen molar-refractivity contribution >= 4 is 5.91 Å². The molecule has 1 aliphatic heterocycles. The Labute approximate surface area is 79.5 Å². The average Bonchev–Trinajstić information content (AvgIpc) is 2.78. The molecule has 0 radical (unpaired) electrons. The third-order valence-electron chi connectivity index (χ3n) is 2.85. The van der Waals surface area contributed by atoms with Gasteiger partial charge < -0.3 is 10.2 Å². The number of likely N-dealkylation sites (tertiary alicyclic amines) is 1. The number of nitrogens with one attached hydrogen (secondary N) is 1. The number of hydrogen-bond donors (Lipinski definition) is 1. The monoisotopic (exact) mass is 182 g/mol. The molecule has 1 heterocycles. The van der Waals surface area contributed by atoms with E-state index in [0.717, 1.165) is 13.1 Å². The summed E-state index contributed by atoms with van der Waals surface area (Å²) in [5, 5.41) is 3.34. The summed E-state index contributed by atoms with van der Waals surface area (Å²) in [6.07, 6.45) is 4.86. The molecule has 2 fully saturated rings. The Balaban J connectivity index is 1.79. The first-order valence-electron chi connectivity index (χ1n) is 5.32. The summed E-state index contributed by atoms with van der Waals surface area (Å²) in [6, 6.07) is 0.659. The molecule has 0 bridgehead atoms. The molecule has 74 valence electrons. The van der Waals surface area contributed by atoms with Crippen LogP contribution in [0.1, 0.15) is 32.6 Å². The molecule has 0 spiro atoms. The van der Waals surface area contributed by atoms with E-state index in [0.29, 0.717) is 11.9 Å². The Kier molecular flexibility index (Phi) is 2.54. The van der Waals surface area contributed by atoms with Crippen LogP contribution in [0.15, 0.2) is 0 Å². The summed E-state index contributed by atoms with van der Waals surface area (Å²) < 4.78 is 0. The van der Waals surface area contributed by atoms with Gasteiger partial charge in [0.2, 0.25) is 5.91 Å². The van der Waals surface area contributed by atoms with Crippen molar-refractivity contribution in [2.45, 2.75) is 44.7 Å². The largest absolute Gasteiger partial charge is 0.341 e.